The Morgan fingerprint density at radius 1 is 1.22 bits per heavy atom. The third kappa shape index (κ3) is 3.01. The van der Waals surface area contributed by atoms with Crippen LogP contribution in [0.5, 0.6) is 5.75 Å². The van der Waals surface area contributed by atoms with E-state index in [2.05, 4.69) is 21.2 Å². The highest BCUT2D eigenvalue weighted by Crippen LogP contribution is 2.24. The summed E-state index contributed by atoms with van der Waals surface area (Å²) in [4.78, 5) is 0. The SMILES string of the molecule is COc1ccccc1NCc1ccc(Br)c(F)c1. The summed E-state index contributed by atoms with van der Waals surface area (Å²) in [6.45, 7) is 0.546. The van der Waals surface area contributed by atoms with Gasteiger partial charge in [-0.1, -0.05) is 18.2 Å². The minimum Gasteiger partial charge on any atom is -0.495 e. The van der Waals surface area contributed by atoms with Gasteiger partial charge in [0, 0.05) is 6.54 Å². The summed E-state index contributed by atoms with van der Waals surface area (Å²) in [6.07, 6.45) is 0. The lowest BCUT2D eigenvalue weighted by Crippen LogP contribution is -2.01. The quantitative estimate of drug-likeness (QED) is 0.913. The smallest absolute Gasteiger partial charge is 0.141 e. The van der Waals surface area contributed by atoms with Crippen molar-refractivity contribution in [1.29, 1.82) is 0 Å². The fourth-order valence-electron chi connectivity index (χ4n) is 1.64. The summed E-state index contributed by atoms with van der Waals surface area (Å²) in [7, 11) is 1.62. The Bertz CT molecular complexity index is 545. The summed E-state index contributed by atoms with van der Waals surface area (Å²) >= 11 is 3.13. The average Bonchev–Trinajstić information content (AvgIpc) is 2.40. The number of halogens is 2. The zero-order chi connectivity index (χ0) is 13.0. The lowest BCUT2D eigenvalue weighted by Gasteiger charge is -2.11. The van der Waals surface area contributed by atoms with Gasteiger partial charge in [0.2, 0.25) is 0 Å². The number of hydrogen-bond acceptors (Lipinski definition) is 2. The van der Waals surface area contributed by atoms with Gasteiger partial charge in [0.15, 0.2) is 0 Å². The van der Waals surface area contributed by atoms with Crippen LogP contribution < -0.4 is 10.1 Å². The fraction of sp³-hybridized carbons (Fsp3) is 0.143. The highest BCUT2D eigenvalue weighted by Gasteiger charge is 2.03. The summed E-state index contributed by atoms with van der Waals surface area (Å²) in [5.41, 5.74) is 1.77. The predicted molar refractivity (Wildman–Crippen MR) is 74.4 cm³/mol. The van der Waals surface area contributed by atoms with Crippen LogP contribution in [0.15, 0.2) is 46.9 Å². The van der Waals surface area contributed by atoms with Crippen molar-refractivity contribution < 1.29 is 9.13 Å². The Balaban J connectivity index is 2.09. The molecule has 0 aliphatic rings. The molecule has 0 unspecified atom stereocenters. The van der Waals surface area contributed by atoms with E-state index < -0.39 is 0 Å². The molecule has 94 valence electrons. The Hall–Kier alpha value is -1.55. The number of ether oxygens (including phenoxy) is 1. The van der Waals surface area contributed by atoms with Crippen LogP contribution in [0.1, 0.15) is 5.56 Å². The van der Waals surface area contributed by atoms with Gasteiger partial charge >= 0.3 is 0 Å². The Morgan fingerprint density at radius 2 is 2.00 bits per heavy atom. The van der Waals surface area contributed by atoms with E-state index in [1.54, 1.807) is 13.2 Å². The topological polar surface area (TPSA) is 21.3 Å². The first kappa shape index (κ1) is 12.9. The van der Waals surface area contributed by atoms with Gasteiger partial charge in [-0.15, -0.1) is 0 Å². The zero-order valence-electron chi connectivity index (χ0n) is 9.91. The third-order valence-corrected chi connectivity index (χ3v) is 3.22. The molecule has 0 saturated heterocycles. The second-order valence-electron chi connectivity index (χ2n) is 3.80. The van der Waals surface area contributed by atoms with Crippen molar-refractivity contribution in [1.82, 2.24) is 0 Å². The molecule has 0 heterocycles. The molecule has 0 bridgehead atoms. The standard InChI is InChI=1S/C14H13BrFNO/c1-18-14-5-3-2-4-13(14)17-9-10-6-7-11(15)12(16)8-10/h2-8,17H,9H2,1H3. The molecule has 0 radical (unpaired) electrons. The van der Waals surface area contributed by atoms with Crippen molar-refractivity contribution in [2.45, 2.75) is 6.54 Å². The molecule has 2 nitrogen and oxygen atoms in total. The number of methoxy groups -OCH3 is 1. The molecule has 2 aromatic rings. The molecule has 0 saturated carbocycles. The highest BCUT2D eigenvalue weighted by molar-refractivity contribution is 9.10. The van der Waals surface area contributed by atoms with E-state index in [1.807, 2.05) is 30.3 Å². The van der Waals surface area contributed by atoms with Gasteiger partial charge in [0.25, 0.3) is 0 Å². The number of nitrogens with one attached hydrogen (secondary N) is 1. The van der Waals surface area contributed by atoms with Crippen molar-refractivity contribution in [3.05, 3.63) is 58.3 Å². The first-order valence-corrected chi connectivity index (χ1v) is 6.31. The van der Waals surface area contributed by atoms with E-state index in [-0.39, 0.29) is 5.82 Å². The van der Waals surface area contributed by atoms with Crippen LogP contribution in [0.4, 0.5) is 10.1 Å². The van der Waals surface area contributed by atoms with Crippen molar-refractivity contribution >= 4 is 21.6 Å². The van der Waals surface area contributed by atoms with Crippen LogP contribution in [0.2, 0.25) is 0 Å². The Kier molecular flexibility index (Phi) is 4.20. The maximum atomic E-state index is 13.4. The molecule has 0 fully saturated rings. The summed E-state index contributed by atoms with van der Waals surface area (Å²) in [5.74, 6) is 0.518. The number of rotatable bonds is 4. The van der Waals surface area contributed by atoms with Gasteiger partial charge in [0.05, 0.1) is 17.3 Å². The fourth-order valence-corrected chi connectivity index (χ4v) is 1.88. The van der Waals surface area contributed by atoms with Crippen LogP contribution >= 0.6 is 15.9 Å². The molecule has 0 aromatic heterocycles. The molecular weight excluding hydrogens is 297 g/mol. The van der Waals surface area contributed by atoms with Gasteiger partial charge in [0.1, 0.15) is 11.6 Å². The molecule has 0 aliphatic carbocycles. The van der Waals surface area contributed by atoms with Gasteiger partial charge in [-0.3, -0.25) is 0 Å². The van der Waals surface area contributed by atoms with Gasteiger partial charge in [-0.25, -0.2) is 4.39 Å². The zero-order valence-corrected chi connectivity index (χ0v) is 11.5. The van der Waals surface area contributed by atoms with Crippen molar-refractivity contribution in [3.8, 4) is 5.75 Å². The largest absolute Gasteiger partial charge is 0.495 e. The maximum Gasteiger partial charge on any atom is 0.141 e. The molecule has 0 atom stereocenters. The molecule has 0 aliphatic heterocycles. The molecule has 4 heteroatoms. The van der Waals surface area contributed by atoms with E-state index in [0.717, 1.165) is 17.0 Å². The molecule has 0 spiro atoms. The molecule has 2 aromatic carbocycles. The Morgan fingerprint density at radius 3 is 2.72 bits per heavy atom. The predicted octanol–water partition coefficient (Wildman–Crippen LogP) is 4.21. The monoisotopic (exact) mass is 309 g/mol. The summed E-state index contributed by atoms with van der Waals surface area (Å²) in [6, 6.07) is 12.7. The Labute approximate surface area is 114 Å². The van der Waals surface area contributed by atoms with Crippen molar-refractivity contribution in [2.24, 2.45) is 0 Å². The van der Waals surface area contributed by atoms with Crippen LogP contribution in [0.3, 0.4) is 0 Å². The lowest BCUT2D eigenvalue weighted by molar-refractivity contribution is 0.416. The summed E-state index contributed by atoms with van der Waals surface area (Å²) in [5, 5.41) is 3.22. The van der Waals surface area contributed by atoms with E-state index >= 15 is 0 Å². The van der Waals surface area contributed by atoms with E-state index in [1.165, 1.54) is 6.07 Å². The minimum absolute atomic E-state index is 0.255. The molecule has 1 N–H and O–H groups in total. The second-order valence-corrected chi connectivity index (χ2v) is 4.66. The maximum absolute atomic E-state index is 13.4. The van der Waals surface area contributed by atoms with E-state index in [9.17, 15) is 4.39 Å². The first-order chi connectivity index (χ1) is 8.70. The lowest BCUT2D eigenvalue weighted by atomic mass is 10.2. The van der Waals surface area contributed by atoms with Crippen LogP contribution in [0, 0.1) is 5.82 Å². The van der Waals surface area contributed by atoms with E-state index in [4.69, 9.17) is 4.74 Å². The van der Waals surface area contributed by atoms with Crippen LogP contribution in [-0.2, 0) is 6.54 Å². The first-order valence-electron chi connectivity index (χ1n) is 5.51. The van der Waals surface area contributed by atoms with Crippen LogP contribution in [0.25, 0.3) is 0 Å². The minimum atomic E-state index is -0.255. The van der Waals surface area contributed by atoms with Gasteiger partial charge in [-0.2, -0.15) is 0 Å². The normalized spacial score (nSPS) is 10.2. The number of anilines is 1. The molecule has 2 rings (SSSR count). The van der Waals surface area contributed by atoms with Gasteiger partial charge in [-0.05, 0) is 45.8 Å². The number of hydrogen-bond donors (Lipinski definition) is 1. The molecule has 0 amide bonds. The highest BCUT2D eigenvalue weighted by atomic mass is 79.9. The van der Waals surface area contributed by atoms with Crippen molar-refractivity contribution in [2.75, 3.05) is 12.4 Å². The second kappa shape index (κ2) is 5.87. The van der Waals surface area contributed by atoms with Gasteiger partial charge < -0.3 is 10.1 Å². The van der Waals surface area contributed by atoms with Crippen LogP contribution in [-0.4, -0.2) is 7.11 Å². The van der Waals surface area contributed by atoms with Crippen molar-refractivity contribution in [3.63, 3.8) is 0 Å². The third-order valence-electron chi connectivity index (χ3n) is 2.57. The number of para-hydroxylation sites is 2. The average molecular weight is 310 g/mol. The number of benzene rings is 2. The molecule has 18 heavy (non-hydrogen) atoms. The van der Waals surface area contributed by atoms with E-state index in [0.29, 0.717) is 11.0 Å². The molecular formula is C14H13BrFNO. The summed E-state index contributed by atoms with van der Waals surface area (Å²) < 4.78 is 19.1.